The molecule has 2 aromatic rings. The molecule has 2 N–H and O–H groups in total. The standard InChI is InChI=1S/C22H35N5O.HI/c1-6-23-22(25-15-20-14-21(17(2)3)26-28-20)24-13-12-18(4)27(5)16-19-10-8-7-9-11-19;/h7-11,14,17-18H,6,12-13,15-16H2,1-5H3,(H2,23,24,25);1H. The highest BCUT2D eigenvalue weighted by molar-refractivity contribution is 14.0. The van der Waals surface area contributed by atoms with E-state index in [4.69, 9.17) is 4.52 Å². The predicted molar refractivity (Wildman–Crippen MR) is 131 cm³/mol. The molecule has 162 valence electrons. The number of benzene rings is 1. The third kappa shape index (κ3) is 9.16. The lowest BCUT2D eigenvalue weighted by molar-refractivity contribution is 0.238. The van der Waals surface area contributed by atoms with Gasteiger partial charge in [-0.05, 0) is 38.8 Å². The Labute approximate surface area is 192 Å². The maximum Gasteiger partial charge on any atom is 0.191 e. The maximum atomic E-state index is 5.37. The minimum atomic E-state index is 0. The Morgan fingerprint density at radius 3 is 2.52 bits per heavy atom. The molecule has 0 saturated heterocycles. The molecule has 0 aliphatic heterocycles. The largest absolute Gasteiger partial charge is 0.359 e. The van der Waals surface area contributed by atoms with Crippen LogP contribution in [0, 0.1) is 0 Å². The molecule has 6 nitrogen and oxygen atoms in total. The van der Waals surface area contributed by atoms with Gasteiger partial charge in [-0.25, -0.2) is 4.99 Å². The van der Waals surface area contributed by atoms with E-state index in [0.717, 1.165) is 43.5 Å². The molecule has 1 unspecified atom stereocenters. The van der Waals surface area contributed by atoms with Gasteiger partial charge in [-0.15, -0.1) is 24.0 Å². The Morgan fingerprint density at radius 2 is 1.90 bits per heavy atom. The van der Waals surface area contributed by atoms with Crippen molar-refractivity contribution in [1.29, 1.82) is 0 Å². The van der Waals surface area contributed by atoms with E-state index in [1.165, 1.54) is 5.56 Å². The summed E-state index contributed by atoms with van der Waals surface area (Å²) in [4.78, 5) is 6.99. The third-order valence-corrected chi connectivity index (χ3v) is 4.79. The summed E-state index contributed by atoms with van der Waals surface area (Å²) in [5, 5.41) is 10.8. The van der Waals surface area contributed by atoms with Crippen molar-refractivity contribution >= 4 is 29.9 Å². The smallest absolute Gasteiger partial charge is 0.191 e. The highest BCUT2D eigenvalue weighted by Gasteiger charge is 2.10. The van der Waals surface area contributed by atoms with E-state index in [1.54, 1.807) is 0 Å². The van der Waals surface area contributed by atoms with Crippen LogP contribution in [0.15, 0.2) is 45.9 Å². The monoisotopic (exact) mass is 513 g/mol. The Morgan fingerprint density at radius 1 is 1.17 bits per heavy atom. The average molecular weight is 513 g/mol. The molecule has 0 aliphatic carbocycles. The Hall–Kier alpha value is -1.61. The third-order valence-electron chi connectivity index (χ3n) is 4.79. The molecule has 2 rings (SSSR count). The van der Waals surface area contributed by atoms with Gasteiger partial charge in [0.15, 0.2) is 11.7 Å². The van der Waals surface area contributed by atoms with Crippen molar-refractivity contribution in [3.63, 3.8) is 0 Å². The van der Waals surface area contributed by atoms with Crippen molar-refractivity contribution < 1.29 is 4.52 Å². The lowest BCUT2D eigenvalue weighted by atomic mass is 10.1. The molecule has 0 bridgehead atoms. The summed E-state index contributed by atoms with van der Waals surface area (Å²) in [7, 11) is 2.17. The zero-order chi connectivity index (χ0) is 20.4. The van der Waals surface area contributed by atoms with Gasteiger partial charge in [-0.1, -0.05) is 49.3 Å². The molecule has 1 atom stereocenters. The highest BCUT2D eigenvalue weighted by atomic mass is 127. The SMILES string of the molecule is CCNC(=NCc1cc(C(C)C)no1)NCCC(C)N(C)Cc1ccccc1.I. The topological polar surface area (TPSA) is 65.7 Å². The molecule has 1 aromatic heterocycles. The summed E-state index contributed by atoms with van der Waals surface area (Å²) >= 11 is 0. The van der Waals surface area contributed by atoms with Gasteiger partial charge in [0.05, 0.1) is 5.69 Å². The number of halogens is 1. The highest BCUT2D eigenvalue weighted by Crippen LogP contribution is 2.14. The first-order chi connectivity index (χ1) is 13.5. The van der Waals surface area contributed by atoms with Crippen molar-refractivity contribution in [3.8, 4) is 0 Å². The van der Waals surface area contributed by atoms with Crippen LogP contribution in [-0.4, -0.2) is 42.2 Å². The fraction of sp³-hybridized carbons (Fsp3) is 0.545. The number of guanidine groups is 1. The summed E-state index contributed by atoms with van der Waals surface area (Å²) in [6, 6.07) is 13.0. The van der Waals surface area contributed by atoms with Crippen LogP contribution >= 0.6 is 24.0 Å². The Balaban J connectivity index is 0.00000420. The van der Waals surface area contributed by atoms with Gasteiger partial charge in [-0.3, -0.25) is 4.90 Å². The molecule has 1 heterocycles. The second-order valence-corrected chi connectivity index (χ2v) is 7.53. The zero-order valence-electron chi connectivity index (χ0n) is 18.3. The van der Waals surface area contributed by atoms with Crippen molar-refractivity contribution in [3.05, 3.63) is 53.4 Å². The summed E-state index contributed by atoms with van der Waals surface area (Å²) in [5.74, 6) is 1.96. The first-order valence-electron chi connectivity index (χ1n) is 10.2. The molecule has 0 amide bonds. The van der Waals surface area contributed by atoms with E-state index in [-0.39, 0.29) is 24.0 Å². The van der Waals surface area contributed by atoms with Crippen LogP contribution < -0.4 is 10.6 Å². The van der Waals surface area contributed by atoms with Gasteiger partial charge in [0, 0.05) is 31.7 Å². The summed E-state index contributed by atoms with van der Waals surface area (Å²) in [6.45, 7) is 11.7. The van der Waals surface area contributed by atoms with Crippen LogP contribution in [0.25, 0.3) is 0 Å². The van der Waals surface area contributed by atoms with Gasteiger partial charge in [0.25, 0.3) is 0 Å². The summed E-state index contributed by atoms with van der Waals surface area (Å²) in [6.07, 6.45) is 1.04. The van der Waals surface area contributed by atoms with Gasteiger partial charge in [-0.2, -0.15) is 0 Å². The zero-order valence-corrected chi connectivity index (χ0v) is 20.6. The van der Waals surface area contributed by atoms with Crippen LogP contribution in [0.5, 0.6) is 0 Å². The molecular formula is C22H36IN5O. The van der Waals surface area contributed by atoms with E-state index in [1.807, 2.05) is 6.07 Å². The van der Waals surface area contributed by atoms with E-state index in [9.17, 15) is 0 Å². The normalized spacial score (nSPS) is 12.7. The second-order valence-electron chi connectivity index (χ2n) is 7.53. The molecule has 29 heavy (non-hydrogen) atoms. The summed E-state index contributed by atoms with van der Waals surface area (Å²) in [5.41, 5.74) is 2.31. The lowest BCUT2D eigenvalue weighted by Gasteiger charge is -2.25. The second kappa shape index (κ2) is 13.6. The Bertz CT molecular complexity index is 717. The first kappa shape index (κ1) is 25.4. The quantitative estimate of drug-likeness (QED) is 0.281. The van der Waals surface area contributed by atoms with Crippen LogP contribution in [-0.2, 0) is 13.1 Å². The average Bonchev–Trinajstić information content (AvgIpc) is 3.16. The number of hydrogen-bond donors (Lipinski definition) is 2. The van der Waals surface area contributed by atoms with Gasteiger partial charge in [0.2, 0.25) is 0 Å². The van der Waals surface area contributed by atoms with Crippen LogP contribution in [0.2, 0.25) is 0 Å². The minimum absolute atomic E-state index is 0. The molecule has 1 aromatic carbocycles. The number of nitrogens with one attached hydrogen (secondary N) is 2. The predicted octanol–water partition coefficient (Wildman–Crippen LogP) is 4.38. The number of aromatic nitrogens is 1. The summed E-state index contributed by atoms with van der Waals surface area (Å²) < 4.78 is 5.37. The fourth-order valence-electron chi connectivity index (χ4n) is 2.82. The van der Waals surface area contributed by atoms with Gasteiger partial charge < -0.3 is 15.2 Å². The Kier molecular flexibility index (Phi) is 11.9. The van der Waals surface area contributed by atoms with Crippen molar-refractivity contribution in [1.82, 2.24) is 20.7 Å². The lowest BCUT2D eigenvalue weighted by Crippen LogP contribution is -2.40. The molecule has 0 spiro atoms. The number of hydrogen-bond acceptors (Lipinski definition) is 4. The minimum Gasteiger partial charge on any atom is -0.359 e. The van der Waals surface area contributed by atoms with Crippen LogP contribution in [0.4, 0.5) is 0 Å². The molecule has 0 aliphatic rings. The molecule has 0 fully saturated rings. The first-order valence-corrected chi connectivity index (χ1v) is 10.2. The molecule has 7 heteroatoms. The maximum absolute atomic E-state index is 5.37. The molecular weight excluding hydrogens is 477 g/mol. The molecule has 0 saturated carbocycles. The van der Waals surface area contributed by atoms with Crippen molar-refractivity contribution in [2.24, 2.45) is 4.99 Å². The number of nitrogens with zero attached hydrogens (tertiary/aromatic N) is 3. The van der Waals surface area contributed by atoms with Gasteiger partial charge >= 0.3 is 0 Å². The van der Waals surface area contributed by atoms with Gasteiger partial charge in [0.1, 0.15) is 6.54 Å². The van der Waals surface area contributed by atoms with Crippen molar-refractivity contribution in [2.75, 3.05) is 20.1 Å². The molecule has 0 radical (unpaired) electrons. The number of aliphatic imine (C=N–C) groups is 1. The van der Waals surface area contributed by atoms with E-state index in [0.29, 0.717) is 18.5 Å². The number of rotatable bonds is 10. The van der Waals surface area contributed by atoms with Crippen LogP contribution in [0.1, 0.15) is 57.1 Å². The van der Waals surface area contributed by atoms with E-state index < -0.39 is 0 Å². The van der Waals surface area contributed by atoms with E-state index in [2.05, 4.69) is 90.8 Å². The fourth-order valence-corrected chi connectivity index (χ4v) is 2.82. The van der Waals surface area contributed by atoms with Crippen molar-refractivity contribution in [2.45, 2.75) is 59.2 Å². The van der Waals surface area contributed by atoms with E-state index >= 15 is 0 Å². The van der Waals surface area contributed by atoms with Crippen LogP contribution in [0.3, 0.4) is 0 Å².